The van der Waals surface area contributed by atoms with Gasteiger partial charge in [-0.2, -0.15) is 0 Å². The molecule has 5 heteroatoms. The van der Waals surface area contributed by atoms with Gasteiger partial charge in [-0.25, -0.2) is 0 Å². The number of amidine groups is 1. The van der Waals surface area contributed by atoms with Crippen LogP contribution in [-0.4, -0.2) is 22.1 Å². The Bertz CT molecular complexity index is 538. The van der Waals surface area contributed by atoms with Crippen LogP contribution in [0.25, 0.3) is 0 Å². The van der Waals surface area contributed by atoms with Crippen molar-refractivity contribution in [1.82, 2.24) is 10.3 Å². The number of pyridine rings is 1. The second-order valence-electron chi connectivity index (χ2n) is 4.20. The minimum atomic E-state index is -0.127. The number of aromatic nitrogens is 1. The van der Waals surface area contributed by atoms with E-state index in [0.29, 0.717) is 5.84 Å². The maximum atomic E-state index is 12.0. The lowest BCUT2D eigenvalue weighted by Gasteiger charge is -2.22. The Morgan fingerprint density at radius 1 is 1.44 bits per heavy atom. The van der Waals surface area contributed by atoms with Gasteiger partial charge in [-0.1, -0.05) is 19.1 Å². The van der Waals surface area contributed by atoms with Crippen LogP contribution in [0.2, 0.25) is 0 Å². The van der Waals surface area contributed by atoms with Crippen molar-refractivity contribution in [1.29, 1.82) is 0 Å². The van der Waals surface area contributed by atoms with Gasteiger partial charge in [-0.05, 0) is 23.5 Å². The van der Waals surface area contributed by atoms with Crippen LogP contribution in [0.3, 0.4) is 0 Å². The molecule has 3 heterocycles. The summed E-state index contributed by atoms with van der Waals surface area (Å²) in [5, 5.41) is 2.82. The van der Waals surface area contributed by atoms with Gasteiger partial charge in [-0.3, -0.25) is 14.8 Å². The molecular formula is C13H13N3OS. The number of rotatable bonds is 2. The average Bonchev–Trinajstić information content (AvgIpc) is 2.83. The van der Waals surface area contributed by atoms with E-state index in [1.807, 2.05) is 24.3 Å². The number of carbonyl (C=O) groups excluding carboxylic acids is 1. The van der Waals surface area contributed by atoms with Crippen LogP contribution in [0.15, 0.2) is 40.4 Å². The first-order valence-electron chi connectivity index (χ1n) is 5.95. The Morgan fingerprint density at radius 2 is 2.33 bits per heavy atom. The molecule has 0 fully saturated rings. The largest absolute Gasteiger partial charge is 0.309 e. The van der Waals surface area contributed by atoms with E-state index < -0.39 is 0 Å². The van der Waals surface area contributed by atoms with Crippen molar-refractivity contribution in [3.8, 4) is 0 Å². The standard InChI is InChI=1S/C13H13N3OS/c1-2-8-7-9-12(17)15-11(16-13(9)18-8)10-5-3-4-6-14-10/h3-7,9,13H,2H2,1H3,(H,15,16,17). The van der Waals surface area contributed by atoms with E-state index >= 15 is 0 Å². The minimum absolute atomic E-state index is 0.0200. The Labute approximate surface area is 110 Å². The van der Waals surface area contributed by atoms with Crippen LogP contribution in [-0.2, 0) is 4.79 Å². The molecule has 4 nitrogen and oxygen atoms in total. The average molecular weight is 259 g/mol. The van der Waals surface area contributed by atoms with Gasteiger partial charge < -0.3 is 5.32 Å². The van der Waals surface area contributed by atoms with E-state index in [4.69, 9.17) is 0 Å². The monoisotopic (exact) mass is 259 g/mol. The van der Waals surface area contributed by atoms with Gasteiger partial charge in [0.25, 0.3) is 0 Å². The van der Waals surface area contributed by atoms with Crippen molar-refractivity contribution in [3.63, 3.8) is 0 Å². The number of hydrogen-bond donors (Lipinski definition) is 1. The summed E-state index contributed by atoms with van der Waals surface area (Å²) in [6, 6.07) is 5.59. The molecule has 2 atom stereocenters. The summed E-state index contributed by atoms with van der Waals surface area (Å²) in [4.78, 5) is 22.1. The number of aliphatic imine (C=N–C) groups is 1. The fourth-order valence-corrected chi connectivity index (χ4v) is 3.26. The summed E-state index contributed by atoms with van der Waals surface area (Å²) >= 11 is 1.68. The molecule has 92 valence electrons. The number of hydrogen-bond acceptors (Lipinski definition) is 4. The molecule has 2 unspecified atom stereocenters. The SMILES string of the molecule is CCC1=CC2C(=O)NC(c3ccccn3)=NC2S1. The lowest BCUT2D eigenvalue weighted by atomic mass is 10.1. The predicted molar refractivity (Wildman–Crippen MR) is 72.2 cm³/mol. The van der Waals surface area contributed by atoms with Gasteiger partial charge >= 0.3 is 0 Å². The number of allylic oxidation sites excluding steroid dienone is 1. The van der Waals surface area contributed by atoms with Crippen molar-refractivity contribution in [2.24, 2.45) is 10.9 Å². The summed E-state index contributed by atoms with van der Waals surface area (Å²) in [7, 11) is 0. The summed E-state index contributed by atoms with van der Waals surface area (Å²) in [5.74, 6) is 0.476. The first-order valence-corrected chi connectivity index (χ1v) is 6.83. The molecule has 2 aliphatic heterocycles. The quantitative estimate of drug-likeness (QED) is 0.883. The summed E-state index contributed by atoms with van der Waals surface area (Å²) in [6.45, 7) is 2.09. The van der Waals surface area contributed by atoms with Gasteiger partial charge in [0.1, 0.15) is 11.1 Å². The molecule has 0 bridgehead atoms. The van der Waals surface area contributed by atoms with Crippen LogP contribution in [0.1, 0.15) is 19.0 Å². The molecular weight excluding hydrogens is 246 g/mol. The summed E-state index contributed by atoms with van der Waals surface area (Å²) in [5.41, 5.74) is 0.717. The Morgan fingerprint density at radius 3 is 3.06 bits per heavy atom. The lowest BCUT2D eigenvalue weighted by molar-refractivity contribution is -0.122. The number of amides is 1. The van der Waals surface area contributed by atoms with Crippen LogP contribution in [0.5, 0.6) is 0 Å². The molecule has 1 aromatic heterocycles. The molecule has 1 aromatic rings. The Kier molecular flexibility index (Phi) is 2.91. The Hall–Kier alpha value is -1.62. The number of thioether (sulfide) groups is 1. The zero-order valence-corrected chi connectivity index (χ0v) is 10.8. The van der Waals surface area contributed by atoms with Gasteiger partial charge in [0, 0.05) is 6.20 Å². The van der Waals surface area contributed by atoms with E-state index in [9.17, 15) is 4.79 Å². The van der Waals surface area contributed by atoms with Gasteiger partial charge in [0.15, 0.2) is 5.84 Å². The highest BCUT2D eigenvalue weighted by atomic mass is 32.2. The van der Waals surface area contributed by atoms with E-state index in [-0.39, 0.29) is 17.2 Å². The maximum Gasteiger partial charge on any atom is 0.235 e. The van der Waals surface area contributed by atoms with Gasteiger partial charge in [0.2, 0.25) is 5.91 Å². The van der Waals surface area contributed by atoms with E-state index in [0.717, 1.165) is 12.1 Å². The lowest BCUT2D eigenvalue weighted by Crippen LogP contribution is -2.43. The maximum absolute atomic E-state index is 12.0. The molecule has 3 rings (SSSR count). The molecule has 1 amide bonds. The fourth-order valence-electron chi connectivity index (χ4n) is 2.06. The summed E-state index contributed by atoms with van der Waals surface area (Å²) in [6.07, 6.45) is 4.69. The van der Waals surface area contributed by atoms with Crippen LogP contribution in [0, 0.1) is 5.92 Å². The van der Waals surface area contributed by atoms with E-state index in [1.165, 1.54) is 4.91 Å². The first-order chi connectivity index (χ1) is 8.78. The molecule has 2 aliphatic rings. The molecule has 18 heavy (non-hydrogen) atoms. The van der Waals surface area contributed by atoms with Gasteiger partial charge in [-0.15, -0.1) is 11.8 Å². The van der Waals surface area contributed by atoms with Crippen molar-refractivity contribution >= 4 is 23.5 Å². The zero-order chi connectivity index (χ0) is 12.5. The Balaban J connectivity index is 1.91. The molecule has 0 spiro atoms. The third-order valence-corrected chi connectivity index (χ3v) is 4.37. The molecule has 1 N–H and O–H groups in total. The van der Waals surface area contributed by atoms with Gasteiger partial charge in [0.05, 0.1) is 5.92 Å². The number of carbonyl (C=O) groups is 1. The normalized spacial score (nSPS) is 26.2. The summed E-state index contributed by atoms with van der Waals surface area (Å²) < 4.78 is 0. The van der Waals surface area contributed by atoms with E-state index in [1.54, 1.807) is 18.0 Å². The number of nitrogens with zero attached hydrogens (tertiary/aromatic N) is 2. The smallest absolute Gasteiger partial charge is 0.235 e. The molecule has 0 saturated heterocycles. The van der Waals surface area contributed by atoms with Crippen LogP contribution < -0.4 is 5.32 Å². The third kappa shape index (κ3) is 1.95. The fraction of sp³-hybridized carbons (Fsp3) is 0.308. The number of fused-ring (bicyclic) bond motifs is 1. The highest BCUT2D eigenvalue weighted by molar-refractivity contribution is 8.04. The van der Waals surface area contributed by atoms with Crippen molar-refractivity contribution in [2.75, 3.05) is 0 Å². The topological polar surface area (TPSA) is 54.4 Å². The molecule has 0 aromatic carbocycles. The number of nitrogens with one attached hydrogen (secondary N) is 1. The minimum Gasteiger partial charge on any atom is -0.309 e. The van der Waals surface area contributed by atoms with Crippen LogP contribution >= 0.6 is 11.8 Å². The molecule has 0 saturated carbocycles. The van der Waals surface area contributed by atoms with Crippen molar-refractivity contribution < 1.29 is 4.79 Å². The third-order valence-electron chi connectivity index (χ3n) is 3.00. The van der Waals surface area contributed by atoms with Crippen molar-refractivity contribution in [3.05, 3.63) is 41.1 Å². The zero-order valence-electron chi connectivity index (χ0n) is 9.96. The van der Waals surface area contributed by atoms with Crippen molar-refractivity contribution in [2.45, 2.75) is 18.7 Å². The highest BCUT2D eigenvalue weighted by Gasteiger charge is 2.37. The first kappa shape index (κ1) is 11.5. The molecule has 0 aliphatic carbocycles. The van der Waals surface area contributed by atoms with Crippen LogP contribution in [0.4, 0.5) is 0 Å². The second kappa shape index (κ2) is 4.57. The highest BCUT2D eigenvalue weighted by Crippen LogP contribution is 2.40. The second-order valence-corrected chi connectivity index (χ2v) is 5.45. The van der Waals surface area contributed by atoms with E-state index in [2.05, 4.69) is 22.2 Å². The molecule has 0 radical (unpaired) electrons. The predicted octanol–water partition coefficient (Wildman–Crippen LogP) is 1.94.